The van der Waals surface area contributed by atoms with Gasteiger partial charge in [-0.15, -0.1) is 0 Å². The largest absolute Gasteiger partial charge is 0.469 e. The van der Waals surface area contributed by atoms with E-state index in [0.29, 0.717) is 18.0 Å². The van der Waals surface area contributed by atoms with Gasteiger partial charge >= 0.3 is 5.97 Å². The van der Waals surface area contributed by atoms with Crippen molar-refractivity contribution in [3.63, 3.8) is 0 Å². The molecule has 1 N–H and O–H groups in total. The quantitative estimate of drug-likeness (QED) is 0.818. The molecule has 0 bridgehead atoms. The maximum absolute atomic E-state index is 11.2. The minimum absolute atomic E-state index is 0.227. The number of rotatable bonds is 4. The number of pyridine rings is 1. The predicted octanol–water partition coefficient (Wildman–Crippen LogP) is 1.25. The molecule has 6 nitrogen and oxygen atoms in total. The van der Waals surface area contributed by atoms with Gasteiger partial charge in [-0.05, 0) is 12.1 Å². The Hall–Kier alpha value is -2.24. The summed E-state index contributed by atoms with van der Waals surface area (Å²) in [5, 5.41) is 3.07. The van der Waals surface area contributed by atoms with Crippen LogP contribution in [0, 0.1) is 5.92 Å². The zero-order valence-electron chi connectivity index (χ0n) is 10.3. The van der Waals surface area contributed by atoms with Crippen LogP contribution < -0.4 is 5.32 Å². The Morgan fingerprint density at radius 2 is 2.17 bits per heavy atom. The number of ether oxygens (including phenoxy) is 1. The molecule has 18 heavy (non-hydrogen) atoms. The van der Waals surface area contributed by atoms with Crippen molar-refractivity contribution in [2.45, 2.75) is 6.92 Å². The third-order valence-corrected chi connectivity index (χ3v) is 2.52. The summed E-state index contributed by atoms with van der Waals surface area (Å²) in [6, 6.07) is 3.64. The monoisotopic (exact) mass is 246 g/mol. The molecule has 2 aromatic rings. The van der Waals surface area contributed by atoms with Crippen LogP contribution in [-0.2, 0) is 9.53 Å². The lowest BCUT2D eigenvalue weighted by atomic mass is 10.2. The topological polar surface area (TPSA) is 77.0 Å². The third kappa shape index (κ3) is 2.71. The summed E-state index contributed by atoms with van der Waals surface area (Å²) in [7, 11) is 1.38. The second kappa shape index (κ2) is 5.39. The standard InChI is InChI=1S/C12H14N4O2/c1-8(12(17)18-2)7-15-10-4-3-9-11(16-10)14-6-5-13-9/h3-6,8H,7H2,1-2H3,(H,14,15,16). The number of fused-ring (bicyclic) bond motifs is 1. The molecule has 0 aliphatic heterocycles. The van der Waals surface area contributed by atoms with Crippen LogP contribution >= 0.6 is 0 Å². The maximum atomic E-state index is 11.2. The first-order chi connectivity index (χ1) is 8.70. The van der Waals surface area contributed by atoms with Gasteiger partial charge in [-0.3, -0.25) is 9.78 Å². The fourth-order valence-electron chi connectivity index (χ4n) is 1.50. The summed E-state index contributed by atoms with van der Waals surface area (Å²) in [6.07, 6.45) is 3.21. The Kier molecular flexibility index (Phi) is 3.66. The van der Waals surface area contributed by atoms with Crippen LogP contribution in [0.25, 0.3) is 11.2 Å². The van der Waals surface area contributed by atoms with E-state index >= 15 is 0 Å². The van der Waals surface area contributed by atoms with Crippen molar-refractivity contribution < 1.29 is 9.53 Å². The fraction of sp³-hybridized carbons (Fsp3) is 0.333. The molecule has 0 aromatic carbocycles. The molecule has 1 unspecified atom stereocenters. The molecule has 0 saturated heterocycles. The molecule has 0 fully saturated rings. The lowest BCUT2D eigenvalue weighted by molar-refractivity contribution is -0.144. The number of carbonyl (C=O) groups is 1. The highest BCUT2D eigenvalue weighted by Crippen LogP contribution is 2.10. The van der Waals surface area contributed by atoms with Gasteiger partial charge < -0.3 is 10.1 Å². The first-order valence-corrected chi connectivity index (χ1v) is 5.60. The average Bonchev–Trinajstić information content (AvgIpc) is 2.43. The number of esters is 1. The number of nitrogens with zero attached hydrogens (tertiary/aromatic N) is 3. The van der Waals surface area contributed by atoms with Crippen LogP contribution in [0.15, 0.2) is 24.5 Å². The molecule has 0 aliphatic rings. The average molecular weight is 246 g/mol. The van der Waals surface area contributed by atoms with Crippen LogP contribution in [0.3, 0.4) is 0 Å². The molecule has 2 heterocycles. The summed E-state index contributed by atoms with van der Waals surface area (Å²) in [6.45, 7) is 2.26. The Morgan fingerprint density at radius 3 is 2.94 bits per heavy atom. The smallest absolute Gasteiger partial charge is 0.310 e. The highest BCUT2D eigenvalue weighted by atomic mass is 16.5. The van der Waals surface area contributed by atoms with Crippen LogP contribution in [0.4, 0.5) is 5.82 Å². The number of hydrogen-bond donors (Lipinski definition) is 1. The first-order valence-electron chi connectivity index (χ1n) is 5.60. The molecule has 0 saturated carbocycles. The van der Waals surface area contributed by atoms with Crippen molar-refractivity contribution in [3.05, 3.63) is 24.5 Å². The van der Waals surface area contributed by atoms with Crippen molar-refractivity contribution in [2.75, 3.05) is 19.0 Å². The number of aromatic nitrogens is 3. The van der Waals surface area contributed by atoms with E-state index in [1.807, 2.05) is 6.07 Å². The van der Waals surface area contributed by atoms with Crippen molar-refractivity contribution in [1.29, 1.82) is 0 Å². The van der Waals surface area contributed by atoms with E-state index in [2.05, 4.69) is 25.0 Å². The van der Waals surface area contributed by atoms with Crippen LogP contribution in [0.2, 0.25) is 0 Å². The van der Waals surface area contributed by atoms with Crippen LogP contribution in [0.5, 0.6) is 0 Å². The van der Waals surface area contributed by atoms with Gasteiger partial charge in [0.1, 0.15) is 11.3 Å². The number of methoxy groups -OCH3 is 1. The third-order valence-electron chi connectivity index (χ3n) is 2.52. The maximum Gasteiger partial charge on any atom is 0.310 e. The molecular weight excluding hydrogens is 232 g/mol. The van der Waals surface area contributed by atoms with Crippen LogP contribution in [0.1, 0.15) is 6.92 Å². The number of hydrogen-bond acceptors (Lipinski definition) is 6. The van der Waals surface area contributed by atoms with Gasteiger partial charge in [0.25, 0.3) is 0 Å². The van der Waals surface area contributed by atoms with Gasteiger partial charge in [0.2, 0.25) is 0 Å². The highest BCUT2D eigenvalue weighted by Gasteiger charge is 2.12. The second-order valence-corrected chi connectivity index (χ2v) is 3.90. The zero-order valence-corrected chi connectivity index (χ0v) is 10.3. The van der Waals surface area contributed by atoms with E-state index in [0.717, 1.165) is 5.52 Å². The minimum Gasteiger partial charge on any atom is -0.469 e. The van der Waals surface area contributed by atoms with Gasteiger partial charge in [0.15, 0.2) is 5.65 Å². The van der Waals surface area contributed by atoms with Gasteiger partial charge in [-0.1, -0.05) is 6.92 Å². The van der Waals surface area contributed by atoms with E-state index in [1.165, 1.54) is 7.11 Å². The van der Waals surface area contributed by atoms with Crippen molar-refractivity contribution in [3.8, 4) is 0 Å². The number of anilines is 1. The lowest BCUT2D eigenvalue weighted by Gasteiger charge is -2.10. The van der Waals surface area contributed by atoms with Crippen molar-refractivity contribution in [1.82, 2.24) is 15.0 Å². The van der Waals surface area contributed by atoms with Gasteiger partial charge in [-0.25, -0.2) is 9.97 Å². The molecule has 2 rings (SSSR count). The second-order valence-electron chi connectivity index (χ2n) is 3.90. The predicted molar refractivity (Wildman–Crippen MR) is 67.0 cm³/mol. The number of nitrogens with one attached hydrogen (secondary N) is 1. The molecule has 0 amide bonds. The SMILES string of the molecule is COC(=O)C(C)CNc1ccc2nccnc2n1. The first kappa shape index (κ1) is 12.2. The van der Waals surface area contributed by atoms with E-state index in [9.17, 15) is 4.79 Å². The lowest BCUT2D eigenvalue weighted by Crippen LogP contribution is -2.21. The van der Waals surface area contributed by atoms with E-state index in [4.69, 9.17) is 0 Å². The summed E-state index contributed by atoms with van der Waals surface area (Å²) in [5.41, 5.74) is 1.32. The molecule has 0 radical (unpaired) electrons. The van der Waals surface area contributed by atoms with Gasteiger partial charge in [0.05, 0.1) is 13.0 Å². The molecule has 1 atom stereocenters. The van der Waals surface area contributed by atoms with E-state index < -0.39 is 0 Å². The summed E-state index contributed by atoms with van der Waals surface area (Å²) < 4.78 is 4.65. The van der Waals surface area contributed by atoms with Crippen LogP contribution in [-0.4, -0.2) is 34.6 Å². The van der Waals surface area contributed by atoms with E-state index in [1.54, 1.807) is 25.4 Å². The minimum atomic E-state index is -0.247. The molecule has 6 heteroatoms. The molecular formula is C12H14N4O2. The van der Waals surface area contributed by atoms with Crippen molar-refractivity contribution in [2.24, 2.45) is 5.92 Å². The Labute approximate surface area is 104 Å². The summed E-state index contributed by atoms with van der Waals surface area (Å²) in [5.74, 6) is 0.191. The normalized spacial score (nSPS) is 12.1. The Balaban J connectivity index is 2.06. The summed E-state index contributed by atoms with van der Waals surface area (Å²) >= 11 is 0. The van der Waals surface area contributed by atoms with Gasteiger partial charge in [-0.2, -0.15) is 0 Å². The zero-order chi connectivity index (χ0) is 13.0. The molecule has 0 aliphatic carbocycles. The highest BCUT2D eigenvalue weighted by molar-refractivity contribution is 5.73. The van der Waals surface area contributed by atoms with E-state index in [-0.39, 0.29) is 11.9 Å². The Bertz CT molecular complexity index is 559. The van der Waals surface area contributed by atoms with Crippen molar-refractivity contribution >= 4 is 23.0 Å². The van der Waals surface area contributed by atoms with Gasteiger partial charge in [0, 0.05) is 18.9 Å². The fourth-order valence-corrected chi connectivity index (χ4v) is 1.50. The summed E-state index contributed by atoms with van der Waals surface area (Å²) in [4.78, 5) is 23.8. The number of carbonyl (C=O) groups excluding carboxylic acids is 1. The molecule has 2 aromatic heterocycles. The Morgan fingerprint density at radius 1 is 1.39 bits per heavy atom. The molecule has 0 spiro atoms. The molecule has 94 valence electrons.